The third-order valence-corrected chi connectivity index (χ3v) is 6.08. The second kappa shape index (κ2) is 9.52. The number of nitrogens with one attached hydrogen (secondary N) is 1. The second-order valence-corrected chi connectivity index (χ2v) is 8.27. The van der Waals surface area contributed by atoms with Gasteiger partial charge in [0.15, 0.2) is 0 Å². The van der Waals surface area contributed by atoms with Crippen LogP contribution in [0.3, 0.4) is 0 Å². The van der Waals surface area contributed by atoms with Crippen LogP contribution in [-0.2, 0) is 23.2 Å². The zero-order valence-electron chi connectivity index (χ0n) is 17.4. The lowest BCUT2D eigenvalue weighted by molar-refractivity contribution is -0.142. The normalized spacial score (nSPS) is 25.3. The minimum atomic E-state index is -0.188. The summed E-state index contributed by atoms with van der Waals surface area (Å²) >= 11 is 0. The van der Waals surface area contributed by atoms with Gasteiger partial charge in [-0.05, 0) is 19.9 Å². The molecule has 2 saturated heterocycles. The molecule has 0 spiro atoms. The molecule has 0 saturated carbocycles. The predicted molar refractivity (Wildman–Crippen MR) is 108 cm³/mol. The van der Waals surface area contributed by atoms with Crippen LogP contribution < -0.4 is 5.32 Å². The summed E-state index contributed by atoms with van der Waals surface area (Å²) in [5.41, 5.74) is 0. The number of aryl methyl sites for hydroxylation is 1. The van der Waals surface area contributed by atoms with Gasteiger partial charge >= 0.3 is 0 Å². The Labute approximate surface area is 167 Å². The molecule has 1 N–H and O–H groups in total. The third-order valence-electron chi connectivity index (χ3n) is 6.08. The summed E-state index contributed by atoms with van der Waals surface area (Å²) in [7, 11) is 5.91. The fourth-order valence-corrected chi connectivity index (χ4v) is 4.07. The first-order valence-electron chi connectivity index (χ1n) is 10.3. The van der Waals surface area contributed by atoms with E-state index in [-0.39, 0.29) is 23.8 Å². The van der Waals surface area contributed by atoms with Gasteiger partial charge in [0, 0.05) is 77.6 Å². The summed E-state index contributed by atoms with van der Waals surface area (Å²) in [4.78, 5) is 36.0. The van der Waals surface area contributed by atoms with Crippen LogP contribution in [0.2, 0.25) is 0 Å². The van der Waals surface area contributed by atoms with Crippen LogP contribution >= 0.6 is 0 Å². The summed E-state index contributed by atoms with van der Waals surface area (Å²) < 4.78 is 2.00. The van der Waals surface area contributed by atoms with Gasteiger partial charge in [0.05, 0.1) is 6.54 Å². The molecule has 1 aromatic heterocycles. The smallest absolute Gasteiger partial charge is 0.226 e. The molecular weight excluding hydrogens is 356 g/mol. The van der Waals surface area contributed by atoms with Crippen molar-refractivity contribution in [3.8, 4) is 0 Å². The summed E-state index contributed by atoms with van der Waals surface area (Å²) in [5, 5.41) is 3.55. The van der Waals surface area contributed by atoms with Crippen molar-refractivity contribution in [3.63, 3.8) is 0 Å². The fourth-order valence-electron chi connectivity index (χ4n) is 4.07. The molecule has 0 bridgehead atoms. The average Bonchev–Trinajstić information content (AvgIpc) is 3.11. The van der Waals surface area contributed by atoms with Gasteiger partial charge in [0.1, 0.15) is 5.82 Å². The number of piperazine rings is 1. The summed E-state index contributed by atoms with van der Waals surface area (Å²) in [5.74, 6) is 1.02. The zero-order chi connectivity index (χ0) is 20.1. The first-order valence-corrected chi connectivity index (χ1v) is 10.3. The number of aromatic nitrogens is 2. The van der Waals surface area contributed by atoms with Crippen LogP contribution in [-0.4, -0.2) is 88.9 Å². The van der Waals surface area contributed by atoms with Gasteiger partial charge in [-0.15, -0.1) is 0 Å². The van der Waals surface area contributed by atoms with Crippen LogP contribution in [0.25, 0.3) is 0 Å². The second-order valence-electron chi connectivity index (χ2n) is 8.27. The van der Waals surface area contributed by atoms with E-state index in [1.807, 2.05) is 29.8 Å². The molecule has 2 aliphatic heterocycles. The molecule has 28 heavy (non-hydrogen) atoms. The number of amides is 2. The van der Waals surface area contributed by atoms with Crippen molar-refractivity contribution in [1.29, 1.82) is 0 Å². The predicted octanol–water partition coefficient (Wildman–Crippen LogP) is 0.301. The van der Waals surface area contributed by atoms with E-state index < -0.39 is 0 Å². The highest BCUT2D eigenvalue weighted by atomic mass is 16.2. The summed E-state index contributed by atoms with van der Waals surface area (Å²) in [6.07, 6.45) is 6.74. The number of rotatable bonds is 4. The van der Waals surface area contributed by atoms with Gasteiger partial charge in [-0.2, -0.15) is 0 Å². The van der Waals surface area contributed by atoms with Crippen molar-refractivity contribution in [3.05, 3.63) is 18.2 Å². The first-order chi connectivity index (χ1) is 13.4. The van der Waals surface area contributed by atoms with Gasteiger partial charge in [-0.25, -0.2) is 4.98 Å². The maximum atomic E-state index is 13.0. The lowest BCUT2D eigenvalue weighted by atomic mass is 9.95. The van der Waals surface area contributed by atoms with Crippen molar-refractivity contribution >= 4 is 11.8 Å². The SMILES string of the molecule is CN1CCN(C(=O)C2CCCC(NCc3nccn3C)CN(C)C(=O)C2)CC1. The number of carbonyl (C=O) groups is 2. The number of hydrogen-bond acceptors (Lipinski definition) is 5. The summed E-state index contributed by atoms with van der Waals surface area (Å²) in [6.45, 7) is 4.70. The Morgan fingerprint density at radius 1 is 1.18 bits per heavy atom. The van der Waals surface area contributed by atoms with E-state index in [1.54, 1.807) is 11.1 Å². The van der Waals surface area contributed by atoms with Crippen molar-refractivity contribution in [2.75, 3.05) is 46.8 Å². The molecule has 0 aromatic carbocycles. The highest BCUT2D eigenvalue weighted by Gasteiger charge is 2.31. The Bertz CT molecular complexity index is 667. The van der Waals surface area contributed by atoms with E-state index in [2.05, 4.69) is 22.2 Å². The number of hydrogen-bond donors (Lipinski definition) is 1. The third kappa shape index (κ3) is 5.32. The lowest BCUT2D eigenvalue weighted by Crippen LogP contribution is -2.49. The highest BCUT2D eigenvalue weighted by Crippen LogP contribution is 2.21. The Balaban J connectivity index is 1.58. The van der Waals surface area contributed by atoms with Crippen molar-refractivity contribution in [2.24, 2.45) is 13.0 Å². The minimum Gasteiger partial charge on any atom is -0.344 e. The van der Waals surface area contributed by atoms with Crippen LogP contribution in [0.4, 0.5) is 0 Å². The molecule has 8 heteroatoms. The monoisotopic (exact) mass is 390 g/mol. The van der Waals surface area contributed by atoms with E-state index in [9.17, 15) is 9.59 Å². The van der Waals surface area contributed by atoms with E-state index in [0.29, 0.717) is 19.5 Å². The fraction of sp³-hybridized carbons (Fsp3) is 0.750. The van der Waals surface area contributed by atoms with Gasteiger partial charge in [0.2, 0.25) is 11.8 Å². The Morgan fingerprint density at radius 3 is 2.61 bits per heavy atom. The van der Waals surface area contributed by atoms with Gasteiger partial charge in [-0.1, -0.05) is 6.42 Å². The maximum Gasteiger partial charge on any atom is 0.226 e. The molecule has 8 nitrogen and oxygen atoms in total. The van der Waals surface area contributed by atoms with Crippen LogP contribution in [0.15, 0.2) is 12.4 Å². The lowest BCUT2D eigenvalue weighted by Gasteiger charge is -2.34. The Kier molecular flexibility index (Phi) is 7.07. The molecule has 2 aliphatic rings. The molecule has 2 atom stereocenters. The van der Waals surface area contributed by atoms with E-state index in [4.69, 9.17) is 0 Å². The van der Waals surface area contributed by atoms with Crippen LogP contribution in [0, 0.1) is 5.92 Å². The minimum absolute atomic E-state index is 0.0677. The topological polar surface area (TPSA) is 73.7 Å². The number of carbonyl (C=O) groups excluding carboxylic acids is 2. The molecule has 0 radical (unpaired) electrons. The molecular formula is C20H34N6O2. The molecule has 0 aliphatic carbocycles. The molecule has 3 heterocycles. The highest BCUT2D eigenvalue weighted by molar-refractivity contribution is 5.86. The molecule has 2 fully saturated rings. The van der Waals surface area contributed by atoms with Crippen molar-refractivity contribution in [2.45, 2.75) is 38.3 Å². The molecule has 3 rings (SSSR count). The maximum absolute atomic E-state index is 13.0. The average molecular weight is 391 g/mol. The number of likely N-dealkylation sites (N-methyl/N-ethyl adjacent to an activating group) is 2. The van der Waals surface area contributed by atoms with Gasteiger partial charge < -0.3 is 24.6 Å². The Morgan fingerprint density at radius 2 is 1.93 bits per heavy atom. The first kappa shape index (κ1) is 20.8. The molecule has 2 amide bonds. The van der Waals surface area contributed by atoms with Crippen molar-refractivity contribution in [1.82, 2.24) is 29.6 Å². The van der Waals surface area contributed by atoms with E-state index in [0.717, 1.165) is 51.3 Å². The number of imidazole rings is 1. The van der Waals surface area contributed by atoms with Crippen molar-refractivity contribution < 1.29 is 9.59 Å². The van der Waals surface area contributed by atoms with Crippen LogP contribution in [0.5, 0.6) is 0 Å². The quantitative estimate of drug-likeness (QED) is 0.801. The standard InChI is InChI=1S/C20H34N6O2/c1-23-9-11-26(12-10-23)20(28)16-5-4-6-17(15-25(3)19(27)13-16)22-14-18-21-7-8-24(18)2/h7-8,16-17,22H,4-6,9-15H2,1-3H3. The summed E-state index contributed by atoms with van der Waals surface area (Å²) in [6, 6.07) is 0.211. The van der Waals surface area contributed by atoms with E-state index >= 15 is 0 Å². The zero-order valence-corrected chi connectivity index (χ0v) is 17.4. The Hall–Kier alpha value is -1.93. The van der Waals surface area contributed by atoms with Gasteiger partial charge in [0.25, 0.3) is 0 Å². The number of nitrogens with zero attached hydrogens (tertiary/aromatic N) is 5. The van der Waals surface area contributed by atoms with E-state index in [1.165, 1.54) is 0 Å². The molecule has 2 unspecified atom stereocenters. The largest absolute Gasteiger partial charge is 0.344 e. The molecule has 1 aromatic rings. The molecule has 156 valence electrons. The van der Waals surface area contributed by atoms with Crippen LogP contribution in [0.1, 0.15) is 31.5 Å². The van der Waals surface area contributed by atoms with Gasteiger partial charge in [-0.3, -0.25) is 9.59 Å².